The SMILES string of the molecule is COC(=O)c1cc2c(-c3cc(N(S(C)(=O)=O)S(C)(=O)=O)ccc3Oc3ccccc3)n(COCC[Si](C)(C)C)c(C)c2c(=O)[nH]1. The first-order valence-corrected chi connectivity index (χ1v) is 21.3. The van der Waals surface area contributed by atoms with Gasteiger partial charge in [0.25, 0.3) is 5.56 Å². The minimum Gasteiger partial charge on any atom is -0.464 e. The molecule has 4 rings (SSSR count). The Bertz CT molecular complexity index is 1980. The van der Waals surface area contributed by atoms with Crippen molar-refractivity contribution in [2.45, 2.75) is 39.3 Å². The number of esters is 1. The Kier molecular flexibility index (Phi) is 9.68. The predicted octanol–water partition coefficient (Wildman–Crippen LogP) is 4.92. The Morgan fingerprint density at radius 3 is 2.20 bits per heavy atom. The van der Waals surface area contributed by atoms with Crippen molar-refractivity contribution in [3.63, 3.8) is 0 Å². The number of sulfonamides is 2. The van der Waals surface area contributed by atoms with Gasteiger partial charge >= 0.3 is 5.97 Å². The van der Waals surface area contributed by atoms with Gasteiger partial charge in [-0.2, -0.15) is 3.71 Å². The summed E-state index contributed by atoms with van der Waals surface area (Å²) in [6, 6.07) is 15.3. The predicted molar refractivity (Wildman–Crippen MR) is 177 cm³/mol. The third-order valence-corrected chi connectivity index (χ3v) is 11.9. The maximum atomic E-state index is 13.4. The number of anilines is 1. The van der Waals surface area contributed by atoms with Crippen molar-refractivity contribution in [3.8, 4) is 22.8 Å². The number of ether oxygens (including phenoxy) is 3. The molecule has 242 valence electrons. The molecule has 0 saturated carbocycles. The van der Waals surface area contributed by atoms with Gasteiger partial charge in [-0.1, -0.05) is 37.8 Å². The van der Waals surface area contributed by atoms with E-state index in [0.717, 1.165) is 18.6 Å². The zero-order chi connectivity index (χ0) is 33.3. The average Bonchev–Trinajstić information content (AvgIpc) is 3.21. The number of H-pyrrole nitrogens is 1. The summed E-state index contributed by atoms with van der Waals surface area (Å²) in [6.45, 7) is 8.85. The minimum absolute atomic E-state index is 0.00416. The number of methoxy groups -OCH3 is 1. The Labute approximate surface area is 263 Å². The van der Waals surface area contributed by atoms with Crippen molar-refractivity contribution in [3.05, 3.63) is 76.3 Å². The van der Waals surface area contributed by atoms with E-state index in [9.17, 15) is 26.4 Å². The molecule has 0 spiro atoms. The fourth-order valence-corrected chi connectivity index (χ4v) is 8.63. The monoisotopic (exact) mass is 675 g/mol. The van der Waals surface area contributed by atoms with Crippen LogP contribution in [0.3, 0.4) is 0 Å². The van der Waals surface area contributed by atoms with Crippen LogP contribution in [0, 0.1) is 6.92 Å². The molecule has 0 amide bonds. The van der Waals surface area contributed by atoms with Crippen LogP contribution in [0.2, 0.25) is 25.7 Å². The highest BCUT2D eigenvalue weighted by Crippen LogP contribution is 2.42. The highest BCUT2D eigenvalue weighted by molar-refractivity contribution is 8.09. The van der Waals surface area contributed by atoms with Gasteiger partial charge < -0.3 is 23.8 Å². The molecule has 0 fully saturated rings. The fourth-order valence-electron chi connectivity index (χ4n) is 4.91. The zero-order valence-corrected chi connectivity index (χ0v) is 28.8. The molecule has 1 N–H and O–H groups in total. The molecule has 4 aromatic rings. The van der Waals surface area contributed by atoms with Gasteiger partial charge in [0.05, 0.1) is 36.4 Å². The van der Waals surface area contributed by atoms with Gasteiger partial charge in [-0.3, -0.25) is 4.79 Å². The molecule has 2 heterocycles. The number of carbonyl (C=O) groups excluding carboxylic acids is 1. The molecular formula is C30H37N3O9S2Si. The van der Waals surface area contributed by atoms with Crippen molar-refractivity contribution in [1.82, 2.24) is 9.55 Å². The minimum atomic E-state index is -4.29. The lowest BCUT2D eigenvalue weighted by Gasteiger charge is -2.22. The summed E-state index contributed by atoms with van der Waals surface area (Å²) in [4.78, 5) is 28.5. The van der Waals surface area contributed by atoms with Crippen LogP contribution in [-0.2, 0) is 36.3 Å². The van der Waals surface area contributed by atoms with Crippen LogP contribution < -0.4 is 14.0 Å². The number of nitrogens with zero attached hydrogens (tertiary/aromatic N) is 2. The molecule has 0 atom stereocenters. The van der Waals surface area contributed by atoms with E-state index in [4.69, 9.17) is 14.2 Å². The number of para-hydroxylation sites is 1. The quantitative estimate of drug-likeness (QED) is 0.125. The van der Waals surface area contributed by atoms with E-state index < -0.39 is 39.6 Å². The van der Waals surface area contributed by atoms with Crippen LogP contribution >= 0.6 is 0 Å². The van der Waals surface area contributed by atoms with Gasteiger partial charge in [0.15, 0.2) is 0 Å². The smallest absolute Gasteiger partial charge is 0.354 e. The summed E-state index contributed by atoms with van der Waals surface area (Å²) in [7, 11) is -8.84. The third kappa shape index (κ3) is 7.66. The van der Waals surface area contributed by atoms with E-state index >= 15 is 0 Å². The molecule has 0 radical (unpaired) electrons. The second-order valence-electron chi connectivity index (χ2n) is 11.8. The Hall–Kier alpha value is -3.92. The van der Waals surface area contributed by atoms with E-state index in [-0.39, 0.29) is 34.8 Å². The summed E-state index contributed by atoms with van der Waals surface area (Å²) in [6.07, 6.45) is 1.58. The van der Waals surface area contributed by atoms with Gasteiger partial charge in [0, 0.05) is 31.3 Å². The van der Waals surface area contributed by atoms with Gasteiger partial charge in [-0.25, -0.2) is 21.6 Å². The molecule has 0 unspecified atom stereocenters. The lowest BCUT2D eigenvalue weighted by molar-refractivity contribution is 0.0594. The summed E-state index contributed by atoms with van der Waals surface area (Å²) < 4.78 is 70.2. The van der Waals surface area contributed by atoms with Crippen LogP contribution in [0.4, 0.5) is 5.69 Å². The molecule has 0 aliphatic carbocycles. The zero-order valence-electron chi connectivity index (χ0n) is 26.2. The molecule has 2 aromatic carbocycles. The van der Waals surface area contributed by atoms with Crippen molar-refractivity contribution >= 4 is 50.5 Å². The molecule has 45 heavy (non-hydrogen) atoms. The van der Waals surface area contributed by atoms with Crippen LogP contribution in [0.1, 0.15) is 16.2 Å². The van der Waals surface area contributed by atoms with Crippen LogP contribution in [0.25, 0.3) is 22.0 Å². The standard InChI is InChI=1S/C30H37N3O9S2Si/c1-20-27-24(18-25(30(35)40-2)31-29(27)34)28(32(20)19-41-15-16-45(5,6)7)23-17-21(33(43(3,36)37)44(4,38)39)13-14-26(23)42-22-11-9-8-10-12-22/h8-14,17-18H,15-16,19H2,1-7H3,(H,31,34). The molecule has 12 nitrogen and oxygen atoms in total. The normalized spacial score (nSPS) is 12.3. The van der Waals surface area contributed by atoms with Crippen molar-refractivity contribution < 1.29 is 35.8 Å². The van der Waals surface area contributed by atoms with E-state index in [1.54, 1.807) is 35.8 Å². The first kappa shape index (κ1) is 34.0. The molecule has 2 aromatic heterocycles. The Morgan fingerprint density at radius 2 is 1.62 bits per heavy atom. The van der Waals surface area contributed by atoms with E-state index in [2.05, 4.69) is 24.6 Å². The fraction of sp³-hybridized carbons (Fsp3) is 0.333. The number of rotatable bonds is 12. The summed E-state index contributed by atoms with van der Waals surface area (Å²) >= 11 is 0. The van der Waals surface area contributed by atoms with Crippen molar-refractivity contribution in [2.75, 3.05) is 29.9 Å². The van der Waals surface area contributed by atoms with Crippen LogP contribution in [0.15, 0.2) is 59.4 Å². The average molecular weight is 676 g/mol. The number of aromatic amines is 1. The Balaban J connectivity index is 2.08. The van der Waals surface area contributed by atoms with Crippen molar-refractivity contribution in [1.29, 1.82) is 0 Å². The van der Waals surface area contributed by atoms with Crippen LogP contribution in [-0.4, -0.2) is 66.7 Å². The molecule has 0 bridgehead atoms. The molecule has 15 heteroatoms. The summed E-state index contributed by atoms with van der Waals surface area (Å²) in [5, 5.41) is 0.580. The molecular weight excluding hydrogens is 639 g/mol. The highest BCUT2D eigenvalue weighted by Gasteiger charge is 2.30. The number of fused-ring (bicyclic) bond motifs is 1. The first-order chi connectivity index (χ1) is 20.9. The molecule has 0 aliphatic heterocycles. The number of carbonyl (C=O) groups is 1. The lowest BCUT2D eigenvalue weighted by Crippen LogP contribution is -2.35. The second kappa shape index (κ2) is 12.8. The highest BCUT2D eigenvalue weighted by atomic mass is 32.3. The molecule has 0 saturated heterocycles. The van der Waals surface area contributed by atoms with Crippen LogP contribution in [0.5, 0.6) is 11.5 Å². The van der Waals surface area contributed by atoms with Gasteiger partial charge in [0.1, 0.15) is 23.9 Å². The van der Waals surface area contributed by atoms with E-state index in [0.29, 0.717) is 32.8 Å². The van der Waals surface area contributed by atoms with E-state index in [1.807, 2.05) is 6.07 Å². The summed E-state index contributed by atoms with van der Waals surface area (Å²) in [5.41, 5.74) is 0.270. The lowest BCUT2D eigenvalue weighted by atomic mass is 10.0. The number of hydrogen-bond donors (Lipinski definition) is 1. The topological polar surface area (TPSA) is 154 Å². The maximum Gasteiger partial charge on any atom is 0.354 e. The van der Waals surface area contributed by atoms with E-state index in [1.165, 1.54) is 31.4 Å². The summed E-state index contributed by atoms with van der Waals surface area (Å²) in [5.74, 6) is -0.0886. The number of pyridine rings is 1. The Morgan fingerprint density at radius 1 is 0.978 bits per heavy atom. The number of nitrogens with one attached hydrogen (secondary N) is 1. The van der Waals surface area contributed by atoms with Gasteiger partial charge in [-0.05, 0) is 49.4 Å². The third-order valence-electron chi connectivity index (χ3n) is 6.95. The largest absolute Gasteiger partial charge is 0.464 e. The van der Waals surface area contributed by atoms with Crippen molar-refractivity contribution in [2.24, 2.45) is 0 Å². The van der Waals surface area contributed by atoms with Gasteiger partial charge in [0.2, 0.25) is 20.0 Å². The number of aromatic nitrogens is 2. The maximum absolute atomic E-state index is 13.4. The van der Waals surface area contributed by atoms with Gasteiger partial charge in [-0.15, -0.1) is 0 Å². The number of benzene rings is 2. The molecule has 0 aliphatic rings. The first-order valence-electron chi connectivity index (χ1n) is 13.9. The second-order valence-corrected chi connectivity index (χ2v) is 21.3. The number of aryl methyl sites for hydroxylation is 1. The number of hydrogen-bond acceptors (Lipinski definition) is 9.